The number of nitrogens with zero attached hydrogens (tertiary/aromatic N) is 1. The molecule has 1 aliphatic rings. The number of nitrogens with one attached hydrogen (secondary N) is 1. The Morgan fingerprint density at radius 1 is 1.56 bits per heavy atom. The van der Waals surface area contributed by atoms with Gasteiger partial charge < -0.3 is 14.8 Å². The van der Waals surface area contributed by atoms with Crippen molar-refractivity contribution in [3.05, 3.63) is 24.5 Å². The van der Waals surface area contributed by atoms with Crippen molar-refractivity contribution in [2.45, 2.75) is 31.6 Å². The maximum absolute atomic E-state index is 5.57. The second-order valence-corrected chi connectivity index (χ2v) is 3.92. The highest BCUT2D eigenvalue weighted by Crippen LogP contribution is 2.29. The van der Waals surface area contributed by atoms with Gasteiger partial charge in [-0.05, 0) is 25.5 Å². The zero-order valence-electron chi connectivity index (χ0n) is 9.72. The Kier molecular flexibility index (Phi) is 3.74. The number of hydrogen-bond acceptors (Lipinski definition) is 4. The van der Waals surface area contributed by atoms with Crippen LogP contribution in [-0.4, -0.2) is 37.0 Å². The highest BCUT2D eigenvalue weighted by Gasteiger charge is 2.42. The fourth-order valence-corrected chi connectivity index (χ4v) is 2.08. The molecule has 0 amide bonds. The second kappa shape index (κ2) is 5.27. The summed E-state index contributed by atoms with van der Waals surface area (Å²) in [7, 11) is 1.73. The number of pyridine rings is 1. The maximum atomic E-state index is 5.57. The normalized spacial score (nSPS) is 28.5. The van der Waals surface area contributed by atoms with Crippen LogP contribution in [0.3, 0.4) is 0 Å². The SMILES string of the molecule is CCOC1CC(Nc2cccnc2)C1OC. The van der Waals surface area contributed by atoms with Gasteiger partial charge in [0.1, 0.15) is 6.10 Å². The average Bonchev–Trinajstić information content (AvgIpc) is 2.29. The largest absolute Gasteiger partial charge is 0.378 e. The van der Waals surface area contributed by atoms with Crippen LogP contribution < -0.4 is 5.32 Å². The summed E-state index contributed by atoms with van der Waals surface area (Å²) in [6, 6.07) is 4.25. The summed E-state index contributed by atoms with van der Waals surface area (Å²) in [6.45, 7) is 2.75. The molecule has 1 aliphatic carbocycles. The van der Waals surface area contributed by atoms with Gasteiger partial charge in [-0.15, -0.1) is 0 Å². The molecule has 1 heterocycles. The monoisotopic (exact) mass is 222 g/mol. The predicted octanol–water partition coefficient (Wildman–Crippen LogP) is 1.69. The van der Waals surface area contributed by atoms with E-state index in [9.17, 15) is 0 Å². The van der Waals surface area contributed by atoms with Crippen LogP contribution >= 0.6 is 0 Å². The van der Waals surface area contributed by atoms with E-state index in [4.69, 9.17) is 9.47 Å². The quantitative estimate of drug-likeness (QED) is 0.823. The minimum absolute atomic E-state index is 0.139. The molecule has 0 radical (unpaired) electrons. The standard InChI is InChI=1S/C12H18N2O2/c1-3-16-11-7-10(12(11)15-2)14-9-5-4-6-13-8-9/h4-6,8,10-12,14H,3,7H2,1-2H3. The number of aromatic nitrogens is 1. The first kappa shape index (κ1) is 11.4. The summed E-state index contributed by atoms with van der Waals surface area (Å²) in [5.74, 6) is 0. The number of anilines is 1. The summed E-state index contributed by atoms with van der Waals surface area (Å²) in [5.41, 5.74) is 1.03. The first-order valence-electron chi connectivity index (χ1n) is 5.66. The van der Waals surface area contributed by atoms with Crippen molar-refractivity contribution in [3.8, 4) is 0 Å². The highest BCUT2D eigenvalue weighted by atomic mass is 16.5. The van der Waals surface area contributed by atoms with Crippen molar-refractivity contribution >= 4 is 5.69 Å². The molecular formula is C12H18N2O2. The van der Waals surface area contributed by atoms with E-state index in [0.717, 1.165) is 18.7 Å². The molecule has 16 heavy (non-hydrogen) atoms. The third-order valence-electron chi connectivity index (χ3n) is 2.92. The van der Waals surface area contributed by atoms with Gasteiger partial charge in [-0.3, -0.25) is 4.98 Å². The molecule has 1 fully saturated rings. The molecule has 0 spiro atoms. The van der Waals surface area contributed by atoms with E-state index in [1.807, 2.05) is 25.3 Å². The smallest absolute Gasteiger partial charge is 0.103 e. The molecule has 1 saturated carbocycles. The summed E-state index contributed by atoms with van der Waals surface area (Å²) >= 11 is 0. The maximum Gasteiger partial charge on any atom is 0.103 e. The molecule has 4 heteroatoms. The molecule has 0 saturated heterocycles. The van der Waals surface area contributed by atoms with Gasteiger partial charge in [0.05, 0.1) is 17.8 Å². The van der Waals surface area contributed by atoms with Gasteiger partial charge in [-0.25, -0.2) is 0 Å². The van der Waals surface area contributed by atoms with Crippen LogP contribution in [0.2, 0.25) is 0 Å². The molecule has 0 bridgehead atoms. The van der Waals surface area contributed by atoms with Gasteiger partial charge >= 0.3 is 0 Å². The van der Waals surface area contributed by atoms with Crippen LogP contribution in [0.1, 0.15) is 13.3 Å². The van der Waals surface area contributed by atoms with E-state index >= 15 is 0 Å². The van der Waals surface area contributed by atoms with Crippen molar-refractivity contribution in [2.75, 3.05) is 19.0 Å². The molecule has 4 nitrogen and oxygen atoms in total. The van der Waals surface area contributed by atoms with Crippen molar-refractivity contribution in [2.24, 2.45) is 0 Å². The topological polar surface area (TPSA) is 43.4 Å². The van der Waals surface area contributed by atoms with Gasteiger partial charge in [0.15, 0.2) is 0 Å². The lowest BCUT2D eigenvalue weighted by atomic mass is 9.85. The lowest BCUT2D eigenvalue weighted by molar-refractivity contribution is -0.118. The van der Waals surface area contributed by atoms with E-state index in [1.165, 1.54) is 0 Å². The zero-order chi connectivity index (χ0) is 11.4. The summed E-state index contributed by atoms with van der Waals surface area (Å²) < 4.78 is 11.0. The Balaban J connectivity index is 1.88. The van der Waals surface area contributed by atoms with Gasteiger partial charge in [-0.1, -0.05) is 0 Å². The highest BCUT2D eigenvalue weighted by molar-refractivity contribution is 5.42. The molecule has 1 N–H and O–H groups in total. The predicted molar refractivity (Wildman–Crippen MR) is 62.5 cm³/mol. The van der Waals surface area contributed by atoms with Crippen LogP contribution in [-0.2, 0) is 9.47 Å². The molecule has 0 aromatic carbocycles. The summed E-state index contributed by atoms with van der Waals surface area (Å²) in [5, 5.41) is 3.40. The van der Waals surface area contributed by atoms with E-state index in [-0.39, 0.29) is 12.2 Å². The van der Waals surface area contributed by atoms with Crippen LogP contribution in [0.15, 0.2) is 24.5 Å². The zero-order valence-corrected chi connectivity index (χ0v) is 9.72. The Morgan fingerprint density at radius 2 is 2.44 bits per heavy atom. The van der Waals surface area contributed by atoms with Crippen LogP contribution in [0.25, 0.3) is 0 Å². The van der Waals surface area contributed by atoms with Crippen LogP contribution in [0.4, 0.5) is 5.69 Å². The Bertz CT molecular complexity index is 318. The van der Waals surface area contributed by atoms with E-state index in [2.05, 4.69) is 10.3 Å². The second-order valence-electron chi connectivity index (χ2n) is 3.92. The molecule has 2 rings (SSSR count). The third kappa shape index (κ3) is 2.33. The van der Waals surface area contributed by atoms with Crippen molar-refractivity contribution in [1.82, 2.24) is 4.98 Å². The average molecular weight is 222 g/mol. The Morgan fingerprint density at radius 3 is 3.06 bits per heavy atom. The molecule has 3 unspecified atom stereocenters. The van der Waals surface area contributed by atoms with Crippen LogP contribution in [0.5, 0.6) is 0 Å². The molecular weight excluding hydrogens is 204 g/mol. The summed E-state index contributed by atoms with van der Waals surface area (Å²) in [6.07, 6.45) is 4.94. The molecule has 1 aromatic rings. The molecule has 3 atom stereocenters. The number of methoxy groups -OCH3 is 1. The number of ether oxygens (including phenoxy) is 2. The van der Waals surface area contributed by atoms with Crippen LogP contribution in [0, 0.1) is 0 Å². The first-order valence-corrected chi connectivity index (χ1v) is 5.66. The lowest BCUT2D eigenvalue weighted by Gasteiger charge is -2.43. The van der Waals surface area contributed by atoms with Gasteiger partial charge in [0.2, 0.25) is 0 Å². The third-order valence-corrected chi connectivity index (χ3v) is 2.92. The van der Waals surface area contributed by atoms with Crippen molar-refractivity contribution in [3.63, 3.8) is 0 Å². The van der Waals surface area contributed by atoms with Crippen molar-refractivity contribution in [1.29, 1.82) is 0 Å². The fourth-order valence-electron chi connectivity index (χ4n) is 2.08. The first-order chi connectivity index (χ1) is 7.85. The van der Waals surface area contributed by atoms with E-state index in [1.54, 1.807) is 13.3 Å². The summed E-state index contributed by atoms with van der Waals surface area (Å²) in [4.78, 5) is 4.07. The van der Waals surface area contributed by atoms with E-state index in [0.29, 0.717) is 6.04 Å². The molecule has 88 valence electrons. The van der Waals surface area contributed by atoms with E-state index < -0.39 is 0 Å². The van der Waals surface area contributed by atoms with Crippen molar-refractivity contribution < 1.29 is 9.47 Å². The Labute approximate surface area is 96.0 Å². The molecule has 0 aliphatic heterocycles. The van der Waals surface area contributed by atoms with Gasteiger partial charge in [-0.2, -0.15) is 0 Å². The number of hydrogen-bond donors (Lipinski definition) is 1. The minimum Gasteiger partial charge on any atom is -0.378 e. The van der Waals surface area contributed by atoms with Gasteiger partial charge in [0.25, 0.3) is 0 Å². The minimum atomic E-state index is 0.139. The Hall–Kier alpha value is -1.13. The van der Waals surface area contributed by atoms with Gasteiger partial charge in [0, 0.05) is 26.1 Å². The molecule has 1 aromatic heterocycles. The number of rotatable bonds is 5. The lowest BCUT2D eigenvalue weighted by Crippen LogP contribution is -2.56. The fraction of sp³-hybridized carbons (Fsp3) is 0.583.